The Labute approximate surface area is 127 Å². The third-order valence-electron chi connectivity index (χ3n) is 5.35. The molecular formula is C18H26N2O. The van der Waals surface area contributed by atoms with Crippen LogP contribution in [-0.4, -0.2) is 11.9 Å². The molecule has 2 aliphatic carbocycles. The van der Waals surface area contributed by atoms with E-state index in [0.717, 1.165) is 23.9 Å². The second-order valence-corrected chi connectivity index (χ2v) is 6.76. The molecule has 0 radical (unpaired) electrons. The van der Waals surface area contributed by atoms with E-state index in [4.69, 9.17) is 5.73 Å². The molecule has 0 spiro atoms. The summed E-state index contributed by atoms with van der Waals surface area (Å²) < 4.78 is 0. The third kappa shape index (κ3) is 3.65. The van der Waals surface area contributed by atoms with Gasteiger partial charge in [-0.05, 0) is 48.8 Å². The van der Waals surface area contributed by atoms with Crippen molar-refractivity contribution in [1.82, 2.24) is 5.32 Å². The summed E-state index contributed by atoms with van der Waals surface area (Å²) in [6.45, 7) is 0.836. The van der Waals surface area contributed by atoms with Crippen LogP contribution in [0.1, 0.15) is 60.9 Å². The highest BCUT2D eigenvalue weighted by Gasteiger charge is 2.31. The number of nitrogens with two attached hydrogens (primary N) is 1. The molecule has 1 aromatic carbocycles. The van der Waals surface area contributed by atoms with Crippen molar-refractivity contribution in [1.29, 1.82) is 0 Å². The summed E-state index contributed by atoms with van der Waals surface area (Å²) in [6.07, 6.45) is 9.78. The number of primary amides is 1. The Morgan fingerprint density at radius 3 is 2.76 bits per heavy atom. The SMILES string of the molecule is NC(=O)c1cccc(CNC2CCC3CCCCC3C2)c1. The van der Waals surface area contributed by atoms with E-state index in [1.165, 1.54) is 44.9 Å². The summed E-state index contributed by atoms with van der Waals surface area (Å²) >= 11 is 0. The minimum atomic E-state index is -0.348. The number of nitrogens with one attached hydrogen (secondary N) is 1. The summed E-state index contributed by atoms with van der Waals surface area (Å²) in [5.74, 6) is 1.59. The Bertz CT molecular complexity index is 500. The lowest BCUT2D eigenvalue weighted by Crippen LogP contribution is -2.38. The van der Waals surface area contributed by atoms with Crippen LogP contribution in [0.15, 0.2) is 24.3 Å². The number of amides is 1. The van der Waals surface area contributed by atoms with Gasteiger partial charge in [0, 0.05) is 18.2 Å². The number of fused-ring (bicyclic) bond motifs is 1. The van der Waals surface area contributed by atoms with Crippen molar-refractivity contribution >= 4 is 5.91 Å². The van der Waals surface area contributed by atoms with Gasteiger partial charge in [0.05, 0.1) is 0 Å². The van der Waals surface area contributed by atoms with Gasteiger partial charge in [0.1, 0.15) is 0 Å². The van der Waals surface area contributed by atoms with Crippen molar-refractivity contribution in [2.75, 3.05) is 0 Å². The van der Waals surface area contributed by atoms with Crippen LogP contribution >= 0.6 is 0 Å². The van der Waals surface area contributed by atoms with Crippen molar-refractivity contribution in [2.24, 2.45) is 17.6 Å². The van der Waals surface area contributed by atoms with E-state index in [2.05, 4.69) is 11.4 Å². The Morgan fingerprint density at radius 2 is 1.95 bits per heavy atom. The maximum atomic E-state index is 11.2. The molecule has 114 valence electrons. The average molecular weight is 286 g/mol. The summed E-state index contributed by atoms with van der Waals surface area (Å²) in [4.78, 5) is 11.2. The molecule has 0 saturated heterocycles. The number of rotatable bonds is 4. The van der Waals surface area contributed by atoms with Gasteiger partial charge in [0.15, 0.2) is 0 Å². The van der Waals surface area contributed by atoms with Gasteiger partial charge in [-0.1, -0.05) is 37.8 Å². The highest BCUT2D eigenvalue weighted by Crippen LogP contribution is 2.40. The highest BCUT2D eigenvalue weighted by atomic mass is 16.1. The molecule has 0 aromatic heterocycles. The molecule has 3 unspecified atom stereocenters. The van der Waals surface area contributed by atoms with E-state index < -0.39 is 0 Å². The summed E-state index contributed by atoms with van der Waals surface area (Å²) in [6, 6.07) is 8.29. The predicted octanol–water partition coefficient (Wildman–Crippen LogP) is 3.23. The zero-order chi connectivity index (χ0) is 14.7. The van der Waals surface area contributed by atoms with Gasteiger partial charge in [-0.2, -0.15) is 0 Å². The molecule has 2 aliphatic rings. The fourth-order valence-corrected chi connectivity index (χ4v) is 4.16. The van der Waals surface area contributed by atoms with Crippen molar-refractivity contribution in [3.8, 4) is 0 Å². The molecule has 3 rings (SSSR count). The molecular weight excluding hydrogens is 260 g/mol. The lowest BCUT2D eigenvalue weighted by atomic mass is 9.69. The Kier molecular flexibility index (Phi) is 4.59. The third-order valence-corrected chi connectivity index (χ3v) is 5.35. The van der Waals surface area contributed by atoms with Crippen LogP contribution in [0, 0.1) is 11.8 Å². The molecule has 3 heteroatoms. The first-order valence-corrected chi connectivity index (χ1v) is 8.34. The molecule has 3 atom stereocenters. The van der Waals surface area contributed by atoms with Crippen LogP contribution in [0.2, 0.25) is 0 Å². The molecule has 3 nitrogen and oxygen atoms in total. The number of carbonyl (C=O) groups excluding carboxylic acids is 1. The van der Waals surface area contributed by atoms with Crippen LogP contribution in [0.4, 0.5) is 0 Å². The van der Waals surface area contributed by atoms with Crippen LogP contribution < -0.4 is 11.1 Å². The van der Waals surface area contributed by atoms with Gasteiger partial charge < -0.3 is 11.1 Å². The molecule has 2 saturated carbocycles. The number of benzene rings is 1. The predicted molar refractivity (Wildman–Crippen MR) is 84.9 cm³/mol. The molecule has 2 fully saturated rings. The van der Waals surface area contributed by atoms with Crippen LogP contribution in [0.3, 0.4) is 0 Å². The summed E-state index contributed by atoms with van der Waals surface area (Å²) in [5, 5.41) is 3.68. The average Bonchev–Trinajstić information content (AvgIpc) is 2.53. The van der Waals surface area contributed by atoms with Gasteiger partial charge in [-0.25, -0.2) is 0 Å². The molecule has 21 heavy (non-hydrogen) atoms. The van der Waals surface area contributed by atoms with Crippen LogP contribution in [0.5, 0.6) is 0 Å². The van der Waals surface area contributed by atoms with Gasteiger partial charge in [-0.3, -0.25) is 4.79 Å². The normalized spacial score (nSPS) is 28.9. The largest absolute Gasteiger partial charge is 0.366 e. The second-order valence-electron chi connectivity index (χ2n) is 6.76. The van der Waals surface area contributed by atoms with E-state index in [0.29, 0.717) is 11.6 Å². The van der Waals surface area contributed by atoms with Gasteiger partial charge in [0.25, 0.3) is 0 Å². The monoisotopic (exact) mass is 286 g/mol. The minimum Gasteiger partial charge on any atom is -0.366 e. The maximum absolute atomic E-state index is 11.2. The van der Waals surface area contributed by atoms with Crippen LogP contribution in [-0.2, 0) is 6.54 Å². The van der Waals surface area contributed by atoms with Crippen molar-refractivity contribution < 1.29 is 4.79 Å². The highest BCUT2D eigenvalue weighted by molar-refractivity contribution is 5.92. The van der Waals surface area contributed by atoms with E-state index in [1.54, 1.807) is 6.07 Å². The first kappa shape index (κ1) is 14.6. The van der Waals surface area contributed by atoms with E-state index in [1.807, 2.05) is 12.1 Å². The fourth-order valence-electron chi connectivity index (χ4n) is 4.16. The van der Waals surface area contributed by atoms with E-state index >= 15 is 0 Å². The zero-order valence-corrected chi connectivity index (χ0v) is 12.7. The Balaban J connectivity index is 1.53. The van der Waals surface area contributed by atoms with Crippen LogP contribution in [0.25, 0.3) is 0 Å². The molecule has 1 aromatic rings. The van der Waals surface area contributed by atoms with Crippen molar-refractivity contribution in [3.05, 3.63) is 35.4 Å². The molecule has 0 heterocycles. The lowest BCUT2D eigenvalue weighted by molar-refractivity contribution is 0.1000. The first-order valence-electron chi connectivity index (χ1n) is 8.34. The topological polar surface area (TPSA) is 55.1 Å². The quantitative estimate of drug-likeness (QED) is 0.893. The van der Waals surface area contributed by atoms with Gasteiger partial charge >= 0.3 is 0 Å². The molecule has 1 amide bonds. The minimum absolute atomic E-state index is 0.348. The summed E-state index contributed by atoms with van der Waals surface area (Å²) in [5.41, 5.74) is 7.09. The van der Waals surface area contributed by atoms with Crippen molar-refractivity contribution in [2.45, 2.75) is 57.5 Å². The maximum Gasteiger partial charge on any atom is 0.248 e. The number of hydrogen-bond acceptors (Lipinski definition) is 2. The lowest BCUT2D eigenvalue weighted by Gasteiger charge is -2.39. The second kappa shape index (κ2) is 6.61. The Morgan fingerprint density at radius 1 is 1.14 bits per heavy atom. The molecule has 3 N–H and O–H groups in total. The van der Waals surface area contributed by atoms with Crippen molar-refractivity contribution in [3.63, 3.8) is 0 Å². The smallest absolute Gasteiger partial charge is 0.248 e. The zero-order valence-electron chi connectivity index (χ0n) is 12.7. The number of carbonyl (C=O) groups is 1. The molecule has 0 aliphatic heterocycles. The number of hydrogen-bond donors (Lipinski definition) is 2. The summed E-state index contributed by atoms with van der Waals surface area (Å²) in [7, 11) is 0. The Hall–Kier alpha value is -1.35. The molecule has 0 bridgehead atoms. The standard InChI is InChI=1S/C18H26N2O/c19-18(21)16-7-3-4-13(10-16)12-20-17-9-8-14-5-1-2-6-15(14)11-17/h3-4,7,10,14-15,17,20H,1-2,5-6,8-9,11-12H2,(H2,19,21). The van der Waals surface area contributed by atoms with Gasteiger partial charge in [-0.15, -0.1) is 0 Å². The first-order chi connectivity index (χ1) is 10.2. The van der Waals surface area contributed by atoms with E-state index in [9.17, 15) is 4.79 Å². The van der Waals surface area contributed by atoms with Gasteiger partial charge in [0.2, 0.25) is 5.91 Å². The van der Waals surface area contributed by atoms with E-state index in [-0.39, 0.29) is 5.91 Å². The fraction of sp³-hybridized carbons (Fsp3) is 0.611.